The van der Waals surface area contributed by atoms with Crippen LogP contribution >= 0.6 is 11.3 Å². The Morgan fingerprint density at radius 1 is 1.25 bits per heavy atom. The predicted molar refractivity (Wildman–Crippen MR) is 108 cm³/mol. The van der Waals surface area contributed by atoms with Crippen molar-refractivity contribution in [2.75, 3.05) is 46.0 Å². The minimum absolute atomic E-state index is 0.0300. The van der Waals surface area contributed by atoms with Crippen LogP contribution in [0.4, 0.5) is 0 Å². The van der Waals surface area contributed by atoms with Crippen molar-refractivity contribution in [2.45, 2.75) is 32.1 Å². The van der Waals surface area contributed by atoms with Gasteiger partial charge in [0.1, 0.15) is 9.77 Å². The number of hydrogen-bond donors (Lipinski definition) is 1. The first-order valence-corrected chi connectivity index (χ1v) is 12.0. The molecule has 3 rings (SSSR count). The molecule has 0 aromatic carbocycles. The predicted octanol–water partition coefficient (Wildman–Crippen LogP) is 1.89. The summed E-state index contributed by atoms with van der Waals surface area (Å²) in [6, 6.07) is 1.52. The Morgan fingerprint density at radius 2 is 1.89 bits per heavy atom. The molecule has 2 saturated heterocycles. The summed E-state index contributed by atoms with van der Waals surface area (Å²) in [4.78, 5) is 15.2. The number of rotatable bonds is 5. The highest BCUT2D eigenvalue weighted by Gasteiger charge is 2.39. The number of carbonyl (C=O) groups excluding carboxylic acids is 1. The SMILES string of the molecule is CC(C)(C)C[C@@H]1CN(C(=O)c2sccc2S(=O)(=O)N2CCOCC2)C[C@H]1CO. The molecule has 1 aromatic heterocycles. The van der Waals surface area contributed by atoms with Gasteiger partial charge in [-0.3, -0.25) is 4.79 Å². The highest BCUT2D eigenvalue weighted by Crippen LogP contribution is 2.36. The Balaban J connectivity index is 1.80. The maximum atomic E-state index is 13.2. The maximum Gasteiger partial charge on any atom is 0.265 e. The van der Waals surface area contributed by atoms with Gasteiger partial charge in [-0.25, -0.2) is 8.42 Å². The van der Waals surface area contributed by atoms with Crippen molar-refractivity contribution in [1.82, 2.24) is 9.21 Å². The fourth-order valence-electron chi connectivity index (χ4n) is 4.06. The number of carbonyl (C=O) groups is 1. The van der Waals surface area contributed by atoms with Crippen LogP contribution in [0.2, 0.25) is 0 Å². The van der Waals surface area contributed by atoms with Gasteiger partial charge < -0.3 is 14.7 Å². The second kappa shape index (κ2) is 8.39. The van der Waals surface area contributed by atoms with Gasteiger partial charge in [0.05, 0.1) is 13.2 Å². The fourth-order valence-corrected chi connectivity index (χ4v) is 6.83. The van der Waals surface area contributed by atoms with E-state index in [1.807, 2.05) is 0 Å². The second-order valence-electron chi connectivity index (χ2n) is 8.81. The maximum absolute atomic E-state index is 13.2. The van der Waals surface area contributed by atoms with Gasteiger partial charge >= 0.3 is 0 Å². The van der Waals surface area contributed by atoms with Crippen molar-refractivity contribution in [2.24, 2.45) is 17.3 Å². The van der Waals surface area contributed by atoms with Crippen LogP contribution in [-0.2, 0) is 14.8 Å². The first-order chi connectivity index (χ1) is 13.1. The number of aliphatic hydroxyl groups is 1. The molecule has 9 heteroatoms. The third-order valence-electron chi connectivity index (χ3n) is 5.38. The van der Waals surface area contributed by atoms with Crippen LogP contribution in [0.5, 0.6) is 0 Å². The molecule has 1 amide bonds. The van der Waals surface area contributed by atoms with Gasteiger partial charge in [0.2, 0.25) is 10.0 Å². The summed E-state index contributed by atoms with van der Waals surface area (Å²) in [6.07, 6.45) is 0.908. The number of aliphatic hydroxyl groups excluding tert-OH is 1. The lowest BCUT2D eigenvalue weighted by molar-refractivity contribution is 0.0728. The third-order valence-corrected chi connectivity index (χ3v) is 8.36. The van der Waals surface area contributed by atoms with Crippen LogP contribution in [0.15, 0.2) is 16.3 Å². The van der Waals surface area contributed by atoms with Crippen molar-refractivity contribution >= 4 is 27.3 Å². The lowest BCUT2D eigenvalue weighted by Gasteiger charge is -2.26. The van der Waals surface area contributed by atoms with Gasteiger partial charge in [0.15, 0.2) is 0 Å². The number of amides is 1. The van der Waals surface area contributed by atoms with Crippen LogP contribution in [-0.4, -0.2) is 74.6 Å². The molecule has 2 aliphatic rings. The Morgan fingerprint density at radius 3 is 2.50 bits per heavy atom. The summed E-state index contributed by atoms with van der Waals surface area (Å²) in [5.41, 5.74) is 0.102. The third kappa shape index (κ3) is 4.59. The molecule has 2 aliphatic heterocycles. The lowest BCUT2D eigenvalue weighted by atomic mass is 9.80. The molecule has 1 N–H and O–H groups in total. The summed E-state index contributed by atoms with van der Waals surface area (Å²) in [5.74, 6) is -0.00709. The van der Waals surface area contributed by atoms with E-state index in [0.717, 1.165) is 6.42 Å². The van der Waals surface area contributed by atoms with Crippen molar-refractivity contribution in [3.63, 3.8) is 0 Å². The van der Waals surface area contributed by atoms with Gasteiger partial charge in [0, 0.05) is 38.7 Å². The molecule has 0 bridgehead atoms. The number of sulfonamides is 1. The van der Waals surface area contributed by atoms with E-state index >= 15 is 0 Å². The van der Waals surface area contributed by atoms with Crippen molar-refractivity contribution < 1.29 is 23.1 Å². The van der Waals surface area contributed by atoms with E-state index in [9.17, 15) is 18.3 Å². The molecule has 0 radical (unpaired) electrons. The highest BCUT2D eigenvalue weighted by atomic mass is 32.2. The van der Waals surface area contributed by atoms with Gasteiger partial charge in [-0.15, -0.1) is 11.3 Å². The standard InChI is InChI=1S/C19H30N2O5S2/c1-19(2,3)10-14-11-20(12-15(14)13-22)18(23)17-16(4-9-27-17)28(24,25)21-5-7-26-8-6-21/h4,9,14-15,22H,5-8,10-13H2,1-3H3/t14-,15+/m1/s1. The zero-order valence-corrected chi connectivity index (χ0v) is 18.4. The molecule has 7 nitrogen and oxygen atoms in total. The van der Waals surface area contributed by atoms with Gasteiger partial charge in [0.25, 0.3) is 5.91 Å². The van der Waals surface area contributed by atoms with Crippen LogP contribution in [0, 0.1) is 17.3 Å². The molecule has 0 saturated carbocycles. The summed E-state index contributed by atoms with van der Waals surface area (Å²) >= 11 is 1.17. The number of thiophene rings is 1. The zero-order valence-electron chi connectivity index (χ0n) is 16.8. The molecule has 0 spiro atoms. The van der Waals surface area contributed by atoms with Crippen LogP contribution in [0.25, 0.3) is 0 Å². The molecule has 1 aromatic rings. The normalized spacial score (nSPS) is 24.6. The van der Waals surface area contributed by atoms with Gasteiger partial charge in [-0.05, 0) is 29.2 Å². The van der Waals surface area contributed by atoms with E-state index in [-0.39, 0.29) is 39.5 Å². The lowest BCUT2D eigenvalue weighted by Crippen LogP contribution is -2.41. The summed E-state index contributed by atoms with van der Waals surface area (Å²) in [7, 11) is -3.72. The quantitative estimate of drug-likeness (QED) is 0.771. The van der Waals surface area contributed by atoms with E-state index in [4.69, 9.17) is 4.74 Å². The van der Waals surface area contributed by atoms with Crippen molar-refractivity contribution in [1.29, 1.82) is 0 Å². The molecule has 2 fully saturated rings. The number of nitrogens with zero attached hydrogens (tertiary/aromatic N) is 2. The minimum atomic E-state index is -3.72. The van der Waals surface area contributed by atoms with Gasteiger partial charge in [-0.1, -0.05) is 20.8 Å². The Kier molecular flexibility index (Phi) is 6.51. The Hall–Kier alpha value is -1.00. The molecule has 2 atom stereocenters. The number of morpholine rings is 1. The van der Waals surface area contributed by atoms with Crippen molar-refractivity contribution in [3.8, 4) is 0 Å². The Labute approximate surface area is 171 Å². The second-order valence-corrected chi connectivity index (χ2v) is 11.6. The molecular formula is C19H30N2O5S2. The first-order valence-electron chi connectivity index (χ1n) is 9.69. The highest BCUT2D eigenvalue weighted by molar-refractivity contribution is 7.89. The van der Waals surface area contributed by atoms with Crippen molar-refractivity contribution in [3.05, 3.63) is 16.3 Å². The topological polar surface area (TPSA) is 87.2 Å². The molecular weight excluding hydrogens is 400 g/mol. The monoisotopic (exact) mass is 430 g/mol. The average Bonchev–Trinajstić information content (AvgIpc) is 3.28. The molecule has 3 heterocycles. The molecule has 0 unspecified atom stereocenters. The molecule has 0 aliphatic carbocycles. The smallest absolute Gasteiger partial charge is 0.265 e. The summed E-state index contributed by atoms with van der Waals surface area (Å²) in [6.45, 7) is 8.84. The van der Waals surface area contributed by atoms with E-state index in [0.29, 0.717) is 39.4 Å². The van der Waals surface area contributed by atoms with E-state index in [1.54, 1.807) is 10.3 Å². The zero-order chi connectivity index (χ0) is 20.5. The van der Waals surface area contributed by atoms with Crippen LogP contribution < -0.4 is 0 Å². The van der Waals surface area contributed by atoms with E-state index in [1.165, 1.54) is 21.7 Å². The number of likely N-dealkylation sites (tertiary alicyclic amines) is 1. The van der Waals surface area contributed by atoms with E-state index < -0.39 is 10.0 Å². The summed E-state index contributed by atoms with van der Waals surface area (Å²) < 4.78 is 32.7. The van der Waals surface area contributed by atoms with Crippen LogP contribution in [0.1, 0.15) is 36.9 Å². The summed E-state index contributed by atoms with van der Waals surface area (Å²) in [5, 5.41) is 11.4. The molecule has 158 valence electrons. The first kappa shape index (κ1) is 21.7. The van der Waals surface area contributed by atoms with Crippen LogP contribution in [0.3, 0.4) is 0 Å². The van der Waals surface area contributed by atoms with Gasteiger partial charge in [-0.2, -0.15) is 4.31 Å². The average molecular weight is 431 g/mol. The minimum Gasteiger partial charge on any atom is -0.396 e. The Bertz CT molecular complexity index is 793. The largest absolute Gasteiger partial charge is 0.396 e. The van der Waals surface area contributed by atoms with E-state index in [2.05, 4.69) is 20.8 Å². The number of ether oxygens (including phenoxy) is 1. The number of hydrogen-bond acceptors (Lipinski definition) is 6. The fraction of sp³-hybridized carbons (Fsp3) is 0.737. The molecule has 28 heavy (non-hydrogen) atoms.